The van der Waals surface area contributed by atoms with Crippen molar-refractivity contribution in [1.82, 2.24) is 0 Å². The summed E-state index contributed by atoms with van der Waals surface area (Å²) in [6.07, 6.45) is 4.88. The van der Waals surface area contributed by atoms with Gasteiger partial charge in [0.2, 0.25) is 0 Å². The zero-order valence-corrected chi connectivity index (χ0v) is 9.26. The van der Waals surface area contributed by atoms with Crippen LogP contribution in [-0.2, 0) is 0 Å². The summed E-state index contributed by atoms with van der Waals surface area (Å²) in [7, 11) is 1.81. The molecule has 2 saturated carbocycles. The summed E-state index contributed by atoms with van der Waals surface area (Å²) in [5, 5.41) is 0. The summed E-state index contributed by atoms with van der Waals surface area (Å²) in [6.45, 7) is 0. The van der Waals surface area contributed by atoms with E-state index in [0.717, 1.165) is 41.3 Å². The third-order valence-electron chi connectivity index (χ3n) is 5.42. The smallest absolute Gasteiger partial charge is 0.122 e. The van der Waals surface area contributed by atoms with E-state index in [1.165, 1.54) is 0 Å². The van der Waals surface area contributed by atoms with Crippen molar-refractivity contribution in [3.8, 4) is 5.75 Å². The van der Waals surface area contributed by atoms with Gasteiger partial charge in [0.15, 0.2) is 0 Å². The van der Waals surface area contributed by atoms with E-state index in [2.05, 4.69) is 30.4 Å². The van der Waals surface area contributed by atoms with E-state index in [9.17, 15) is 0 Å². The molecule has 1 heteroatoms. The first kappa shape index (κ1) is 7.94. The number of ether oxygens (including phenoxy) is 1. The van der Waals surface area contributed by atoms with Crippen molar-refractivity contribution in [2.24, 2.45) is 23.7 Å². The first-order valence-electron chi connectivity index (χ1n) is 6.27. The lowest BCUT2D eigenvalue weighted by Gasteiger charge is -2.28. The predicted molar refractivity (Wildman–Crippen MR) is 61.6 cm³/mol. The zero-order valence-electron chi connectivity index (χ0n) is 9.26. The molecule has 1 aromatic rings. The molecular weight excluding hydrogens is 196 g/mol. The molecule has 6 unspecified atom stereocenters. The number of hydrogen-bond donors (Lipinski definition) is 0. The maximum absolute atomic E-state index is 5.55. The van der Waals surface area contributed by atoms with Gasteiger partial charge < -0.3 is 4.74 Å². The lowest BCUT2D eigenvalue weighted by atomic mass is 9.76. The Bertz CT molecular complexity index is 530. The monoisotopic (exact) mass is 210 g/mol. The Morgan fingerprint density at radius 3 is 2.62 bits per heavy atom. The average Bonchev–Trinajstić information content (AvgIpc) is 2.80. The van der Waals surface area contributed by atoms with Crippen LogP contribution in [0.2, 0.25) is 0 Å². The van der Waals surface area contributed by atoms with Crippen LogP contribution < -0.4 is 4.74 Å². The second-order valence-corrected chi connectivity index (χ2v) is 5.71. The fourth-order valence-corrected chi connectivity index (χ4v) is 4.87. The van der Waals surface area contributed by atoms with Gasteiger partial charge in [-0.15, -0.1) is 0 Å². The van der Waals surface area contributed by atoms with Gasteiger partial charge in [0.25, 0.3) is 0 Å². The van der Waals surface area contributed by atoms with E-state index in [4.69, 9.17) is 4.74 Å². The van der Waals surface area contributed by atoms with E-state index >= 15 is 0 Å². The van der Waals surface area contributed by atoms with Crippen LogP contribution in [0.5, 0.6) is 5.75 Å². The van der Waals surface area contributed by atoms with Gasteiger partial charge in [-0.1, -0.05) is 24.3 Å². The minimum absolute atomic E-state index is 0.829. The summed E-state index contributed by atoms with van der Waals surface area (Å²) in [5.41, 5.74) is 3.16. The number of allylic oxidation sites excluding steroid dienone is 2. The molecule has 0 N–H and O–H groups in total. The van der Waals surface area contributed by atoms with Crippen molar-refractivity contribution in [2.45, 2.75) is 11.8 Å². The molecule has 16 heavy (non-hydrogen) atoms. The predicted octanol–water partition coefficient (Wildman–Crippen LogP) is 2.94. The van der Waals surface area contributed by atoms with Crippen molar-refractivity contribution < 1.29 is 4.74 Å². The van der Waals surface area contributed by atoms with Crippen molar-refractivity contribution in [2.75, 3.05) is 7.11 Å². The molecule has 6 atom stereocenters. The fraction of sp³-hybridized carbons (Fsp3) is 0.467. The molecule has 80 valence electrons. The Kier molecular flexibility index (Phi) is 1.10. The van der Waals surface area contributed by atoms with Gasteiger partial charge in [-0.2, -0.15) is 0 Å². The Morgan fingerprint density at radius 2 is 1.88 bits per heavy atom. The zero-order chi connectivity index (χ0) is 10.4. The van der Waals surface area contributed by atoms with Crippen LogP contribution in [0.3, 0.4) is 0 Å². The van der Waals surface area contributed by atoms with Crippen LogP contribution in [0.15, 0.2) is 30.4 Å². The van der Waals surface area contributed by atoms with Gasteiger partial charge in [0.05, 0.1) is 7.11 Å². The Hall–Kier alpha value is -1.24. The Morgan fingerprint density at radius 1 is 1.00 bits per heavy atom. The van der Waals surface area contributed by atoms with Gasteiger partial charge in [-0.3, -0.25) is 0 Å². The quantitative estimate of drug-likeness (QED) is 0.647. The Labute approximate surface area is 95.1 Å². The van der Waals surface area contributed by atoms with E-state index < -0.39 is 0 Å². The summed E-state index contributed by atoms with van der Waals surface area (Å²) in [6, 6.07) is 6.63. The highest BCUT2D eigenvalue weighted by molar-refractivity contribution is 5.59. The molecule has 0 aromatic heterocycles. The largest absolute Gasteiger partial charge is 0.496 e. The van der Waals surface area contributed by atoms with E-state index in [0.29, 0.717) is 0 Å². The standard InChI is InChI=1S/C15H14O/c1-16-10-4-2-3-9-11-7-5-6-8(7)13-14(11)15(13)12(9)10/h2-8,11,13-15H,1H3. The van der Waals surface area contributed by atoms with E-state index in [1.807, 2.05) is 0 Å². The highest BCUT2D eigenvalue weighted by Crippen LogP contribution is 2.80. The number of benzene rings is 1. The van der Waals surface area contributed by atoms with Crippen molar-refractivity contribution in [1.29, 1.82) is 0 Å². The molecule has 4 aliphatic rings. The van der Waals surface area contributed by atoms with Gasteiger partial charge >= 0.3 is 0 Å². The minimum atomic E-state index is 0.829. The molecular formula is C15H14O. The molecule has 0 radical (unpaired) electrons. The Balaban J connectivity index is 1.77. The molecule has 1 nitrogen and oxygen atoms in total. The molecule has 0 heterocycles. The maximum Gasteiger partial charge on any atom is 0.122 e. The molecule has 0 saturated heterocycles. The van der Waals surface area contributed by atoms with Gasteiger partial charge in [0.1, 0.15) is 5.75 Å². The fourth-order valence-electron chi connectivity index (χ4n) is 4.87. The lowest BCUT2D eigenvalue weighted by Crippen LogP contribution is -2.19. The normalized spacial score (nSPS) is 48.1. The minimum Gasteiger partial charge on any atom is -0.496 e. The maximum atomic E-state index is 5.55. The molecule has 1 aromatic carbocycles. The van der Waals surface area contributed by atoms with Gasteiger partial charge in [-0.05, 0) is 47.1 Å². The van der Waals surface area contributed by atoms with E-state index in [1.54, 1.807) is 18.2 Å². The SMILES string of the molecule is COc1cccc2c1C1C3C4C=CC4C2C13. The topological polar surface area (TPSA) is 9.23 Å². The van der Waals surface area contributed by atoms with Crippen LogP contribution in [0.4, 0.5) is 0 Å². The highest BCUT2D eigenvalue weighted by atomic mass is 16.5. The second kappa shape index (κ2) is 2.22. The van der Waals surface area contributed by atoms with Crippen LogP contribution >= 0.6 is 0 Å². The highest BCUT2D eigenvalue weighted by Gasteiger charge is 2.72. The number of hydrogen-bond acceptors (Lipinski definition) is 1. The molecule has 5 rings (SSSR count). The van der Waals surface area contributed by atoms with Gasteiger partial charge in [0, 0.05) is 5.56 Å². The van der Waals surface area contributed by atoms with Crippen LogP contribution in [-0.4, -0.2) is 7.11 Å². The third-order valence-corrected chi connectivity index (χ3v) is 5.42. The van der Waals surface area contributed by atoms with Crippen molar-refractivity contribution >= 4 is 0 Å². The summed E-state index contributed by atoms with van der Waals surface area (Å²) < 4.78 is 5.55. The molecule has 0 amide bonds. The first-order valence-corrected chi connectivity index (χ1v) is 6.27. The van der Waals surface area contributed by atoms with Crippen LogP contribution in [0.25, 0.3) is 0 Å². The first-order chi connectivity index (χ1) is 7.92. The molecule has 0 aliphatic heterocycles. The van der Waals surface area contributed by atoms with Gasteiger partial charge in [-0.25, -0.2) is 0 Å². The van der Waals surface area contributed by atoms with Crippen molar-refractivity contribution in [3.63, 3.8) is 0 Å². The molecule has 2 fully saturated rings. The number of methoxy groups -OCH3 is 1. The van der Waals surface area contributed by atoms with Crippen molar-refractivity contribution in [3.05, 3.63) is 41.5 Å². The lowest BCUT2D eigenvalue weighted by molar-refractivity contribution is 0.393. The molecule has 0 spiro atoms. The molecule has 0 bridgehead atoms. The average molecular weight is 210 g/mol. The molecule has 4 aliphatic carbocycles. The second-order valence-electron chi connectivity index (χ2n) is 5.71. The van der Waals surface area contributed by atoms with Crippen LogP contribution in [0.1, 0.15) is 23.0 Å². The number of rotatable bonds is 1. The number of fused-ring (bicyclic) bond motifs is 7. The van der Waals surface area contributed by atoms with E-state index in [-0.39, 0.29) is 0 Å². The summed E-state index contributed by atoms with van der Waals surface area (Å²) in [5.74, 6) is 6.48. The van der Waals surface area contributed by atoms with Crippen LogP contribution in [0, 0.1) is 23.7 Å². The summed E-state index contributed by atoms with van der Waals surface area (Å²) in [4.78, 5) is 0. The summed E-state index contributed by atoms with van der Waals surface area (Å²) >= 11 is 0. The third kappa shape index (κ3) is 0.611.